The molecule has 1 aromatic carbocycles. The summed E-state index contributed by atoms with van der Waals surface area (Å²) in [6.45, 7) is 1.71. The van der Waals surface area contributed by atoms with Gasteiger partial charge in [0.1, 0.15) is 5.75 Å². The number of benzene rings is 1. The molecule has 3 N–H and O–H groups in total. The largest absolute Gasteiger partial charge is 0.482 e. The molecular formula is C14H17Cl2N3O3S. The van der Waals surface area contributed by atoms with Crippen LogP contribution in [0.5, 0.6) is 5.75 Å². The second kappa shape index (κ2) is 10.3. The second-order valence-electron chi connectivity index (χ2n) is 4.52. The van der Waals surface area contributed by atoms with Gasteiger partial charge in [-0.05, 0) is 36.8 Å². The van der Waals surface area contributed by atoms with Gasteiger partial charge in [-0.2, -0.15) is 0 Å². The number of rotatable bonds is 6. The first-order valence-corrected chi connectivity index (χ1v) is 8.05. The topological polar surface area (TPSA) is 79.5 Å². The third kappa shape index (κ3) is 8.01. The van der Waals surface area contributed by atoms with Crippen molar-refractivity contribution in [2.24, 2.45) is 0 Å². The summed E-state index contributed by atoms with van der Waals surface area (Å²) in [4.78, 5) is 23.0. The van der Waals surface area contributed by atoms with Crippen molar-refractivity contribution in [1.82, 2.24) is 16.2 Å². The number of thiocarbonyl (C=S) groups is 1. The maximum Gasteiger partial charge on any atom is 0.276 e. The molecule has 23 heavy (non-hydrogen) atoms. The van der Waals surface area contributed by atoms with Crippen LogP contribution in [0, 0.1) is 0 Å². The minimum atomic E-state index is -0.485. The van der Waals surface area contributed by atoms with Crippen LogP contribution in [0.3, 0.4) is 0 Å². The van der Waals surface area contributed by atoms with E-state index in [0.717, 1.165) is 12.8 Å². The van der Waals surface area contributed by atoms with Gasteiger partial charge in [0.2, 0.25) is 5.91 Å². The lowest BCUT2D eigenvalue weighted by molar-refractivity contribution is -0.124. The lowest BCUT2D eigenvalue weighted by Crippen LogP contribution is -2.49. The van der Waals surface area contributed by atoms with Gasteiger partial charge in [-0.1, -0.05) is 36.5 Å². The summed E-state index contributed by atoms with van der Waals surface area (Å²) in [7, 11) is 0. The summed E-state index contributed by atoms with van der Waals surface area (Å²) in [6.07, 6.45) is 2.07. The molecule has 2 amide bonds. The fraction of sp³-hybridized carbons (Fsp3) is 0.357. The molecule has 0 atom stereocenters. The van der Waals surface area contributed by atoms with Gasteiger partial charge in [0.25, 0.3) is 5.91 Å². The smallest absolute Gasteiger partial charge is 0.276 e. The van der Waals surface area contributed by atoms with Crippen LogP contribution >= 0.6 is 35.4 Å². The highest BCUT2D eigenvalue weighted by molar-refractivity contribution is 7.80. The Morgan fingerprint density at radius 3 is 2.61 bits per heavy atom. The summed E-state index contributed by atoms with van der Waals surface area (Å²) in [5.41, 5.74) is 4.72. The number of hydrogen-bond acceptors (Lipinski definition) is 4. The van der Waals surface area contributed by atoms with Gasteiger partial charge in [-0.3, -0.25) is 20.4 Å². The zero-order valence-corrected chi connectivity index (χ0v) is 14.8. The monoisotopic (exact) mass is 377 g/mol. The first-order valence-electron chi connectivity index (χ1n) is 6.89. The van der Waals surface area contributed by atoms with Crippen molar-refractivity contribution in [3.05, 3.63) is 28.2 Å². The Kier molecular flexibility index (Phi) is 8.68. The molecule has 6 nitrogen and oxygen atoms in total. The molecule has 9 heteroatoms. The van der Waals surface area contributed by atoms with Crippen molar-refractivity contribution in [1.29, 1.82) is 0 Å². The van der Waals surface area contributed by atoms with Crippen molar-refractivity contribution < 1.29 is 14.3 Å². The maximum absolute atomic E-state index is 11.6. The van der Waals surface area contributed by atoms with E-state index in [0.29, 0.717) is 22.2 Å². The lowest BCUT2D eigenvalue weighted by Gasteiger charge is -2.11. The van der Waals surface area contributed by atoms with Crippen molar-refractivity contribution in [3.8, 4) is 5.75 Å². The van der Waals surface area contributed by atoms with Crippen molar-refractivity contribution in [3.63, 3.8) is 0 Å². The summed E-state index contributed by atoms with van der Waals surface area (Å²) in [6, 6.07) is 4.67. The Balaban J connectivity index is 2.28. The van der Waals surface area contributed by atoms with Gasteiger partial charge in [-0.25, -0.2) is 0 Å². The number of halogens is 2. The fourth-order valence-electron chi connectivity index (χ4n) is 1.46. The molecule has 0 unspecified atom stereocenters. The molecule has 0 aliphatic rings. The van der Waals surface area contributed by atoms with Crippen LogP contribution < -0.4 is 20.9 Å². The standard InChI is InChI=1S/C14H17Cl2N3O3S/c1-2-3-4-12(20)17-14(23)19-18-13(21)8-22-11-6-5-9(15)7-10(11)16/h5-7H,2-4,8H2,1H3,(H,18,21)(H2,17,19,20,23). The van der Waals surface area contributed by atoms with Gasteiger partial charge in [0.15, 0.2) is 11.7 Å². The predicted octanol–water partition coefficient (Wildman–Crippen LogP) is 2.58. The molecule has 0 radical (unpaired) electrons. The number of hydrogen-bond donors (Lipinski definition) is 3. The Morgan fingerprint density at radius 1 is 1.22 bits per heavy atom. The summed E-state index contributed by atoms with van der Waals surface area (Å²) < 4.78 is 5.25. The Hall–Kier alpha value is -1.57. The Morgan fingerprint density at radius 2 is 1.96 bits per heavy atom. The third-order valence-corrected chi connectivity index (χ3v) is 3.31. The average Bonchev–Trinajstić information content (AvgIpc) is 2.50. The third-order valence-electron chi connectivity index (χ3n) is 2.58. The van der Waals surface area contributed by atoms with E-state index in [1.165, 1.54) is 6.07 Å². The zero-order chi connectivity index (χ0) is 17.2. The van der Waals surface area contributed by atoms with E-state index in [-0.39, 0.29) is 17.6 Å². The summed E-state index contributed by atoms with van der Waals surface area (Å²) >= 11 is 16.6. The minimum Gasteiger partial charge on any atom is -0.482 e. The fourth-order valence-corrected chi connectivity index (χ4v) is 2.08. The van der Waals surface area contributed by atoms with E-state index < -0.39 is 5.91 Å². The Bertz CT molecular complexity index is 584. The van der Waals surface area contributed by atoms with Gasteiger partial charge in [0, 0.05) is 11.4 Å². The number of unbranched alkanes of at least 4 members (excludes halogenated alkanes) is 1. The number of nitrogens with one attached hydrogen (secondary N) is 3. The highest BCUT2D eigenvalue weighted by Crippen LogP contribution is 2.27. The molecule has 0 aliphatic heterocycles. The molecule has 0 heterocycles. The van der Waals surface area contributed by atoms with Crippen molar-refractivity contribution in [2.75, 3.05) is 6.61 Å². The zero-order valence-electron chi connectivity index (χ0n) is 12.4. The summed E-state index contributed by atoms with van der Waals surface area (Å²) in [5.74, 6) is -0.356. The van der Waals surface area contributed by atoms with Crippen LogP contribution in [0.1, 0.15) is 26.2 Å². The van der Waals surface area contributed by atoms with Crippen LogP contribution in [0.2, 0.25) is 10.0 Å². The molecule has 0 spiro atoms. The number of carbonyl (C=O) groups is 2. The molecule has 0 aromatic heterocycles. The van der Waals surface area contributed by atoms with Crippen LogP contribution in [-0.2, 0) is 9.59 Å². The van der Waals surface area contributed by atoms with Crippen LogP contribution in [-0.4, -0.2) is 23.5 Å². The van der Waals surface area contributed by atoms with E-state index in [1.54, 1.807) is 12.1 Å². The second-order valence-corrected chi connectivity index (χ2v) is 5.77. The van der Waals surface area contributed by atoms with E-state index in [2.05, 4.69) is 16.2 Å². The van der Waals surface area contributed by atoms with E-state index in [9.17, 15) is 9.59 Å². The number of hydrazine groups is 1. The summed E-state index contributed by atoms with van der Waals surface area (Å²) in [5, 5.41) is 3.24. The first-order chi connectivity index (χ1) is 10.9. The van der Waals surface area contributed by atoms with Crippen molar-refractivity contribution >= 4 is 52.3 Å². The van der Waals surface area contributed by atoms with E-state index in [4.69, 9.17) is 40.2 Å². The molecule has 0 bridgehead atoms. The van der Waals surface area contributed by atoms with E-state index >= 15 is 0 Å². The quantitative estimate of drug-likeness (QED) is 0.524. The van der Waals surface area contributed by atoms with Crippen LogP contribution in [0.15, 0.2) is 18.2 Å². The van der Waals surface area contributed by atoms with Gasteiger partial charge in [-0.15, -0.1) is 0 Å². The maximum atomic E-state index is 11.6. The number of carbonyl (C=O) groups excluding carboxylic acids is 2. The highest BCUT2D eigenvalue weighted by Gasteiger charge is 2.08. The van der Waals surface area contributed by atoms with Crippen molar-refractivity contribution in [2.45, 2.75) is 26.2 Å². The van der Waals surface area contributed by atoms with Gasteiger partial charge >= 0.3 is 0 Å². The first kappa shape index (κ1) is 19.5. The molecule has 126 valence electrons. The average molecular weight is 378 g/mol. The van der Waals surface area contributed by atoms with E-state index in [1.807, 2.05) is 6.92 Å². The molecular weight excluding hydrogens is 361 g/mol. The number of amides is 2. The van der Waals surface area contributed by atoms with Gasteiger partial charge in [0.05, 0.1) is 5.02 Å². The minimum absolute atomic E-state index is 0.0176. The molecule has 0 fully saturated rings. The lowest BCUT2D eigenvalue weighted by atomic mass is 10.2. The molecule has 0 saturated carbocycles. The normalized spacial score (nSPS) is 9.87. The molecule has 1 rings (SSSR count). The highest BCUT2D eigenvalue weighted by atomic mass is 35.5. The molecule has 0 aliphatic carbocycles. The van der Waals surface area contributed by atoms with Crippen LogP contribution in [0.4, 0.5) is 0 Å². The molecule has 1 aromatic rings. The van der Waals surface area contributed by atoms with Crippen LogP contribution in [0.25, 0.3) is 0 Å². The Labute approximate surface area is 149 Å². The van der Waals surface area contributed by atoms with Gasteiger partial charge < -0.3 is 10.1 Å². The molecule has 0 saturated heterocycles. The SMILES string of the molecule is CCCCC(=O)NC(=S)NNC(=O)COc1ccc(Cl)cc1Cl. The predicted molar refractivity (Wildman–Crippen MR) is 93.5 cm³/mol. The number of ether oxygens (including phenoxy) is 1.